The van der Waals surface area contributed by atoms with E-state index in [2.05, 4.69) is 24.1 Å². The summed E-state index contributed by atoms with van der Waals surface area (Å²) in [6.45, 7) is 5.91. The number of pyridine rings is 1. The van der Waals surface area contributed by atoms with Gasteiger partial charge in [0, 0.05) is 12.6 Å². The molecule has 1 aromatic heterocycles. The quantitative estimate of drug-likeness (QED) is 0.720. The number of aromatic carboxylic acids is 1. The van der Waals surface area contributed by atoms with Crippen molar-refractivity contribution >= 4 is 11.8 Å². The molecule has 0 saturated heterocycles. The summed E-state index contributed by atoms with van der Waals surface area (Å²) < 4.78 is 0. The molecular weight excluding hydrogens is 232 g/mol. The summed E-state index contributed by atoms with van der Waals surface area (Å²) in [5.74, 6) is 0.0328. The molecule has 0 aliphatic carbocycles. The number of aliphatic hydroxyl groups excluding tert-OH is 1. The fourth-order valence-corrected chi connectivity index (χ4v) is 1.77. The fraction of sp³-hybridized carbons (Fsp3) is 0.538. The minimum absolute atomic E-state index is 0.113. The number of aliphatic hydroxyl groups is 1. The van der Waals surface area contributed by atoms with E-state index >= 15 is 0 Å². The van der Waals surface area contributed by atoms with Crippen LogP contribution in [0.1, 0.15) is 36.3 Å². The lowest BCUT2D eigenvalue weighted by atomic mass is 10.0. The molecule has 1 heterocycles. The second kappa shape index (κ2) is 6.35. The Labute approximate surface area is 107 Å². The third kappa shape index (κ3) is 3.70. The fourth-order valence-electron chi connectivity index (χ4n) is 1.77. The zero-order valence-corrected chi connectivity index (χ0v) is 11.0. The van der Waals surface area contributed by atoms with Crippen molar-refractivity contribution in [1.82, 2.24) is 4.98 Å². The summed E-state index contributed by atoms with van der Waals surface area (Å²) in [5.41, 5.74) is 0.697. The van der Waals surface area contributed by atoms with E-state index in [9.17, 15) is 4.79 Å². The van der Waals surface area contributed by atoms with E-state index in [-0.39, 0.29) is 18.2 Å². The second-order valence-corrected chi connectivity index (χ2v) is 4.64. The Bertz CT molecular complexity index is 419. The molecule has 0 radical (unpaired) electrons. The van der Waals surface area contributed by atoms with Crippen molar-refractivity contribution in [3.05, 3.63) is 23.4 Å². The number of carboxylic acid groups (broad SMARTS) is 1. The molecule has 0 fully saturated rings. The summed E-state index contributed by atoms with van der Waals surface area (Å²) in [5, 5.41) is 21.1. The van der Waals surface area contributed by atoms with Crippen LogP contribution >= 0.6 is 0 Å². The topological polar surface area (TPSA) is 82.5 Å². The van der Waals surface area contributed by atoms with Gasteiger partial charge >= 0.3 is 5.97 Å². The maximum Gasteiger partial charge on any atom is 0.337 e. The van der Waals surface area contributed by atoms with Crippen LogP contribution in [0.15, 0.2) is 12.1 Å². The summed E-state index contributed by atoms with van der Waals surface area (Å²) in [7, 11) is 0. The number of rotatable bonds is 6. The number of anilines is 1. The van der Waals surface area contributed by atoms with E-state index in [4.69, 9.17) is 10.2 Å². The summed E-state index contributed by atoms with van der Waals surface area (Å²) in [6, 6.07) is 3.32. The standard InChI is InChI=1S/C13H20N2O3/c1-8(2)11(6-7-16)15-12-5-4-10(13(17)18)9(3)14-12/h4-5,8,11,16H,6-7H2,1-3H3,(H,14,15)(H,17,18). The highest BCUT2D eigenvalue weighted by Gasteiger charge is 2.14. The van der Waals surface area contributed by atoms with Gasteiger partial charge in [-0.05, 0) is 31.4 Å². The molecule has 1 rings (SSSR count). The SMILES string of the molecule is Cc1nc(NC(CCO)C(C)C)ccc1C(=O)O. The Morgan fingerprint density at radius 2 is 2.11 bits per heavy atom. The first-order valence-electron chi connectivity index (χ1n) is 6.04. The third-order valence-electron chi connectivity index (χ3n) is 2.89. The van der Waals surface area contributed by atoms with Crippen molar-refractivity contribution in [2.45, 2.75) is 33.2 Å². The monoisotopic (exact) mass is 252 g/mol. The van der Waals surface area contributed by atoms with Gasteiger partial charge in [-0.25, -0.2) is 9.78 Å². The molecule has 100 valence electrons. The van der Waals surface area contributed by atoms with Gasteiger partial charge in [0.1, 0.15) is 5.82 Å². The first-order valence-corrected chi connectivity index (χ1v) is 6.04. The molecule has 1 unspecified atom stereocenters. The molecule has 0 spiro atoms. The second-order valence-electron chi connectivity index (χ2n) is 4.64. The van der Waals surface area contributed by atoms with Crippen LogP contribution in [-0.2, 0) is 0 Å². The number of hydrogen-bond acceptors (Lipinski definition) is 4. The first kappa shape index (κ1) is 14.4. The summed E-state index contributed by atoms with van der Waals surface area (Å²) >= 11 is 0. The lowest BCUT2D eigenvalue weighted by Gasteiger charge is -2.22. The Morgan fingerprint density at radius 3 is 2.56 bits per heavy atom. The largest absolute Gasteiger partial charge is 0.478 e. The third-order valence-corrected chi connectivity index (χ3v) is 2.89. The van der Waals surface area contributed by atoms with Crippen molar-refractivity contribution in [3.8, 4) is 0 Å². The highest BCUT2D eigenvalue weighted by molar-refractivity contribution is 5.89. The number of carboxylic acids is 1. The van der Waals surface area contributed by atoms with Crippen LogP contribution < -0.4 is 5.32 Å². The molecule has 5 heteroatoms. The highest BCUT2D eigenvalue weighted by Crippen LogP contribution is 2.15. The van der Waals surface area contributed by atoms with Crippen molar-refractivity contribution in [1.29, 1.82) is 0 Å². The minimum atomic E-state index is -0.970. The Kier molecular flexibility index (Phi) is 5.09. The van der Waals surface area contributed by atoms with Crippen molar-refractivity contribution in [2.75, 3.05) is 11.9 Å². The molecule has 1 aromatic rings. The van der Waals surface area contributed by atoms with Crippen LogP contribution in [0.3, 0.4) is 0 Å². The molecule has 0 bridgehead atoms. The number of nitrogens with one attached hydrogen (secondary N) is 1. The highest BCUT2D eigenvalue weighted by atomic mass is 16.4. The van der Waals surface area contributed by atoms with Gasteiger partial charge in [0.15, 0.2) is 0 Å². The van der Waals surface area contributed by atoms with Crippen molar-refractivity contribution < 1.29 is 15.0 Å². The zero-order valence-electron chi connectivity index (χ0n) is 11.0. The normalized spacial score (nSPS) is 12.5. The van der Waals surface area contributed by atoms with E-state index in [0.717, 1.165) is 0 Å². The van der Waals surface area contributed by atoms with Crippen LogP contribution in [0.2, 0.25) is 0 Å². The van der Waals surface area contributed by atoms with Crippen molar-refractivity contribution in [3.63, 3.8) is 0 Å². The smallest absolute Gasteiger partial charge is 0.337 e. The molecule has 5 nitrogen and oxygen atoms in total. The number of hydrogen-bond donors (Lipinski definition) is 3. The van der Waals surface area contributed by atoms with Gasteiger partial charge in [-0.15, -0.1) is 0 Å². The molecule has 0 aliphatic heterocycles. The maximum absolute atomic E-state index is 10.9. The van der Waals surface area contributed by atoms with E-state index in [1.165, 1.54) is 0 Å². The minimum Gasteiger partial charge on any atom is -0.478 e. The lowest BCUT2D eigenvalue weighted by molar-refractivity contribution is 0.0695. The molecule has 1 atom stereocenters. The summed E-state index contributed by atoms with van der Waals surface area (Å²) in [4.78, 5) is 15.1. The average Bonchev–Trinajstić information content (AvgIpc) is 2.27. The van der Waals surface area contributed by atoms with Gasteiger partial charge < -0.3 is 15.5 Å². The Morgan fingerprint density at radius 1 is 1.44 bits per heavy atom. The maximum atomic E-state index is 10.9. The van der Waals surface area contributed by atoms with E-state index < -0.39 is 5.97 Å². The van der Waals surface area contributed by atoms with Gasteiger partial charge in [0.25, 0.3) is 0 Å². The number of aryl methyl sites for hydroxylation is 1. The number of nitrogens with zero attached hydrogens (tertiary/aromatic N) is 1. The molecule has 0 aliphatic rings. The van der Waals surface area contributed by atoms with Gasteiger partial charge in [0.05, 0.1) is 11.3 Å². The predicted molar refractivity (Wildman–Crippen MR) is 69.9 cm³/mol. The number of carbonyl (C=O) groups is 1. The van der Waals surface area contributed by atoms with Gasteiger partial charge in [0.2, 0.25) is 0 Å². The molecule has 3 N–H and O–H groups in total. The van der Waals surface area contributed by atoms with Gasteiger partial charge in [-0.3, -0.25) is 0 Å². The zero-order chi connectivity index (χ0) is 13.7. The molecule has 18 heavy (non-hydrogen) atoms. The first-order chi connectivity index (χ1) is 8.45. The average molecular weight is 252 g/mol. The number of aromatic nitrogens is 1. The Balaban J connectivity index is 2.84. The predicted octanol–water partition coefficient (Wildman–Crippen LogP) is 1.91. The van der Waals surface area contributed by atoms with Crippen LogP contribution in [0.25, 0.3) is 0 Å². The molecule has 0 saturated carbocycles. The van der Waals surface area contributed by atoms with E-state index in [1.54, 1.807) is 19.1 Å². The van der Waals surface area contributed by atoms with E-state index in [0.29, 0.717) is 23.9 Å². The van der Waals surface area contributed by atoms with E-state index in [1.807, 2.05) is 0 Å². The van der Waals surface area contributed by atoms with Gasteiger partial charge in [-0.2, -0.15) is 0 Å². The van der Waals surface area contributed by atoms with Crippen LogP contribution in [0.4, 0.5) is 5.82 Å². The summed E-state index contributed by atoms with van der Waals surface area (Å²) in [6.07, 6.45) is 0.638. The molecule has 0 aromatic carbocycles. The Hall–Kier alpha value is -1.62. The van der Waals surface area contributed by atoms with Gasteiger partial charge in [-0.1, -0.05) is 13.8 Å². The molecule has 0 amide bonds. The lowest BCUT2D eigenvalue weighted by Crippen LogP contribution is -2.27. The van der Waals surface area contributed by atoms with Crippen molar-refractivity contribution in [2.24, 2.45) is 5.92 Å². The molecular formula is C13H20N2O3. The van der Waals surface area contributed by atoms with Crippen LogP contribution in [0, 0.1) is 12.8 Å². The van der Waals surface area contributed by atoms with Crippen LogP contribution in [0.5, 0.6) is 0 Å². The van der Waals surface area contributed by atoms with Crippen LogP contribution in [-0.4, -0.2) is 33.8 Å².